The molecule has 1 aromatic carbocycles. The number of allylic oxidation sites excluding steroid dienone is 5. The maximum atomic E-state index is 4.24. The van der Waals surface area contributed by atoms with Crippen LogP contribution >= 0.6 is 0 Å². The van der Waals surface area contributed by atoms with Gasteiger partial charge in [-0.05, 0) is 37.8 Å². The summed E-state index contributed by atoms with van der Waals surface area (Å²) in [6.45, 7) is 27.9. The van der Waals surface area contributed by atoms with Crippen molar-refractivity contribution in [2.45, 2.75) is 59.3 Å². The van der Waals surface area contributed by atoms with Gasteiger partial charge in [0.05, 0.1) is 10.9 Å². The first-order valence-corrected chi connectivity index (χ1v) is 10.5. The maximum Gasteiger partial charge on any atom is 0.166 e. The van der Waals surface area contributed by atoms with E-state index in [0.29, 0.717) is 0 Å². The highest BCUT2D eigenvalue weighted by Gasteiger charge is 2.28. The Morgan fingerprint density at radius 2 is 1.44 bits per heavy atom. The van der Waals surface area contributed by atoms with Crippen molar-refractivity contribution in [1.29, 1.82) is 0 Å². The summed E-state index contributed by atoms with van der Waals surface area (Å²) >= 11 is 0. The summed E-state index contributed by atoms with van der Waals surface area (Å²) in [5.41, 5.74) is 0. The first-order chi connectivity index (χ1) is 12.2. The minimum Gasteiger partial charge on any atom is -0.103 e. The molecule has 0 aliphatic rings. The fourth-order valence-electron chi connectivity index (χ4n) is 1.67. The average molecular weight is 360 g/mol. The van der Waals surface area contributed by atoms with Crippen LogP contribution in [0.2, 0.25) is 0 Å². The Balaban J connectivity index is -0.000000725. The molecular formula is C24H39S+. The van der Waals surface area contributed by atoms with Gasteiger partial charge in [-0.15, -0.1) is 6.58 Å². The molecule has 0 spiro atoms. The van der Waals surface area contributed by atoms with Crippen LogP contribution in [0.25, 0.3) is 0 Å². The second kappa shape index (κ2) is 22.3. The number of hydrogen-bond acceptors (Lipinski definition) is 0. The molecule has 0 aliphatic carbocycles. The van der Waals surface area contributed by atoms with Crippen LogP contribution in [0, 0.1) is 0 Å². The highest BCUT2D eigenvalue weighted by Crippen LogP contribution is 2.30. The Kier molecular flexibility index (Phi) is 25.0. The maximum absolute atomic E-state index is 4.24. The third-order valence-corrected chi connectivity index (χ3v) is 4.76. The van der Waals surface area contributed by atoms with Crippen LogP contribution in [0.1, 0.15) is 54.4 Å². The molecule has 0 heterocycles. The molecule has 1 rings (SSSR count). The highest BCUT2D eigenvalue weighted by atomic mass is 32.2. The first-order valence-electron chi connectivity index (χ1n) is 9.26. The lowest BCUT2D eigenvalue weighted by molar-refractivity contribution is 1.04. The van der Waals surface area contributed by atoms with Crippen molar-refractivity contribution in [1.82, 2.24) is 0 Å². The van der Waals surface area contributed by atoms with E-state index in [-0.39, 0.29) is 10.9 Å². The Labute approximate surface area is 161 Å². The van der Waals surface area contributed by atoms with Crippen molar-refractivity contribution in [2.75, 3.05) is 0 Å². The largest absolute Gasteiger partial charge is 0.166 e. The van der Waals surface area contributed by atoms with Gasteiger partial charge in [-0.2, -0.15) is 0 Å². The van der Waals surface area contributed by atoms with E-state index in [4.69, 9.17) is 0 Å². The van der Waals surface area contributed by atoms with E-state index in [1.54, 1.807) is 6.08 Å². The summed E-state index contributed by atoms with van der Waals surface area (Å²) in [6.07, 6.45) is 9.54. The minimum atomic E-state index is -0.152. The van der Waals surface area contributed by atoms with Gasteiger partial charge in [0.25, 0.3) is 0 Å². The van der Waals surface area contributed by atoms with Crippen LogP contribution in [-0.2, 0) is 10.9 Å². The lowest BCUT2D eigenvalue weighted by Gasteiger charge is -2.09. The summed E-state index contributed by atoms with van der Waals surface area (Å²) in [4.78, 5) is 3.53. The lowest BCUT2D eigenvalue weighted by Crippen LogP contribution is -2.06. The minimum absolute atomic E-state index is 0.152. The summed E-state index contributed by atoms with van der Waals surface area (Å²) in [5, 5.41) is 0. The van der Waals surface area contributed by atoms with Gasteiger partial charge in [0.15, 0.2) is 9.80 Å². The molecule has 0 nitrogen and oxygen atoms in total. The van der Waals surface area contributed by atoms with Crippen molar-refractivity contribution in [3.63, 3.8) is 0 Å². The Hall–Kier alpha value is -1.73. The van der Waals surface area contributed by atoms with Gasteiger partial charge in [0.1, 0.15) is 4.91 Å². The fourth-order valence-corrected chi connectivity index (χ4v) is 3.64. The molecule has 0 N–H and O–H groups in total. The quantitative estimate of drug-likeness (QED) is 0.248. The van der Waals surface area contributed by atoms with Gasteiger partial charge >= 0.3 is 0 Å². The summed E-state index contributed by atoms with van der Waals surface area (Å²) in [5.74, 6) is 0. The number of rotatable bonds is 8. The van der Waals surface area contributed by atoms with Gasteiger partial charge in [-0.3, -0.25) is 0 Å². The number of hydrogen-bond donors (Lipinski definition) is 0. The fraction of sp³-hybridized carbons (Fsp3) is 0.333. The summed E-state index contributed by atoms with van der Waals surface area (Å²) < 4.78 is 0. The van der Waals surface area contributed by atoms with Crippen molar-refractivity contribution in [3.05, 3.63) is 90.8 Å². The Morgan fingerprint density at radius 3 is 1.88 bits per heavy atom. The normalized spacial score (nSPS) is 9.84. The number of benzene rings is 1. The van der Waals surface area contributed by atoms with Crippen LogP contribution in [0.4, 0.5) is 0 Å². The van der Waals surface area contributed by atoms with Gasteiger partial charge in [-0.25, -0.2) is 0 Å². The lowest BCUT2D eigenvalue weighted by atomic mass is 10.3. The van der Waals surface area contributed by atoms with Gasteiger partial charge < -0.3 is 0 Å². The van der Waals surface area contributed by atoms with Gasteiger partial charge in [-0.1, -0.05) is 84.5 Å². The van der Waals surface area contributed by atoms with E-state index < -0.39 is 0 Å². The van der Waals surface area contributed by atoms with Crippen LogP contribution in [-0.4, -0.2) is 0 Å². The molecule has 0 amide bonds. The van der Waals surface area contributed by atoms with E-state index in [1.807, 2.05) is 65.8 Å². The Bertz CT molecular complexity index is 480. The first kappa shape index (κ1) is 28.1. The summed E-state index contributed by atoms with van der Waals surface area (Å²) in [7, 11) is -0.152. The van der Waals surface area contributed by atoms with E-state index in [1.165, 1.54) is 9.80 Å². The molecule has 1 heteroatoms. The molecule has 140 valence electrons. The monoisotopic (exact) mass is 359 g/mol. The summed E-state index contributed by atoms with van der Waals surface area (Å²) in [6, 6.07) is 10.4. The highest BCUT2D eigenvalue weighted by molar-refractivity contribution is 8.04. The van der Waals surface area contributed by atoms with Crippen LogP contribution in [0.15, 0.2) is 95.7 Å². The molecular weight excluding hydrogens is 320 g/mol. The zero-order chi connectivity index (χ0) is 20.1. The smallest absolute Gasteiger partial charge is 0.103 e. The van der Waals surface area contributed by atoms with Crippen molar-refractivity contribution in [2.24, 2.45) is 0 Å². The SMILES string of the molecule is C=C/C=C\C(=C)[S+](C(=C)CCC=C)c1ccccc1.CC.CC.CC. The van der Waals surface area contributed by atoms with E-state index in [2.05, 4.69) is 50.6 Å². The third-order valence-electron chi connectivity index (χ3n) is 2.58. The van der Waals surface area contributed by atoms with Crippen molar-refractivity contribution >= 4 is 10.9 Å². The molecule has 0 aromatic heterocycles. The second-order valence-corrected chi connectivity index (χ2v) is 6.23. The van der Waals surface area contributed by atoms with Crippen molar-refractivity contribution < 1.29 is 0 Å². The van der Waals surface area contributed by atoms with Crippen LogP contribution in [0.3, 0.4) is 0 Å². The molecule has 1 atom stereocenters. The predicted molar refractivity (Wildman–Crippen MR) is 123 cm³/mol. The zero-order valence-electron chi connectivity index (χ0n) is 17.3. The third kappa shape index (κ3) is 13.3. The molecule has 0 fully saturated rings. The van der Waals surface area contributed by atoms with E-state index in [9.17, 15) is 0 Å². The molecule has 0 radical (unpaired) electrons. The molecule has 25 heavy (non-hydrogen) atoms. The van der Waals surface area contributed by atoms with Gasteiger partial charge in [0, 0.05) is 6.42 Å². The van der Waals surface area contributed by atoms with E-state index >= 15 is 0 Å². The molecule has 1 unspecified atom stereocenters. The van der Waals surface area contributed by atoms with Crippen molar-refractivity contribution in [3.8, 4) is 0 Å². The topological polar surface area (TPSA) is 0 Å². The molecule has 0 bridgehead atoms. The predicted octanol–water partition coefficient (Wildman–Crippen LogP) is 8.48. The molecule has 0 saturated carbocycles. The molecule has 0 aliphatic heterocycles. The standard InChI is InChI=1S/C18H21S.3C2H6/c1-5-7-12-16(3)19(17(4)13-8-6-2)18-14-10-9-11-15-18;3*1-2/h5-7,9-12,14-15H,1-4,8,13H2;3*1-2H3/q+1;;;/b12-7-;;;. The second-order valence-electron chi connectivity index (χ2n) is 4.05. The van der Waals surface area contributed by atoms with Gasteiger partial charge in [0.2, 0.25) is 0 Å². The average Bonchev–Trinajstić information content (AvgIpc) is 2.70. The van der Waals surface area contributed by atoms with Crippen LogP contribution in [0.5, 0.6) is 0 Å². The molecule has 0 saturated heterocycles. The Morgan fingerprint density at radius 1 is 0.920 bits per heavy atom. The van der Waals surface area contributed by atoms with Crippen LogP contribution < -0.4 is 0 Å². The van der Waals surface area contributed by atoms with E-state index in [0.717, 1.165) is 17.7 Å². The zero-order valence-corrected chi connectivity index (χ0v) is 18.2. The molecule has 1 aromatic rings.